The topological polar surface area (TPSA) is 12.0 Å². The maximum absolute atomic E-state index is 5.80. The van der Waals surface area contributed by atoms with E-state index in [0.29, 0.717) is 11.5 Å². The van der Waals surface area contributed by atoms with Gasteiger partial charge in [0.15, 0.2) is 0 Å². The molecule has 60 valence electrons. The highest BCUT2D eigenvalue weighted by atomic mass is 35.5. The summed E-state index contributed by atoms with van der Waals surface area (Å²) in [5, 5.41) is 3.41. The molecule has 0 aromatic heterocycles. The first-order chi connectivity index (χ1) is 4.68. The molecule has 0 aromatic rings. The second kappa shape index (κ2) is 3.10. The van der Waals surface area contributed by atoms with Crippen molar-refractivity contribution in [3.63, 3.8) is 0 Å². The van der Waals surface area contributed by atoms with E-state index in [1.165, 1.54) is 12.8 Å². The second-order valence-corrected chi connectivity index (χ2v) is 3.94. The summed E-state index contributed by atoms with van der Waals surface area (Å²) in [6.45, 7) is 5.45. The van der Waals surface area contributed by atoms with Crippen LogP contribution in [0.3, 0.4) is 0 Å². The molecule has 0 amide bonds. The van der Waals surface area contributed by atoms with E-state index in [1.54, 1.807) is 0 Å². The maximum Gasteiger partial charge on any atom is 0.0292 e. The molecule has 0 atom stereocenters. The van der Waals surface area contributed by atoms with Gasteiger partial charge in [-0.1, -0.05) is 13.8 Å². The zero-order chi connectivity index (χ0) is 7.61. The minimum Gasteiger partial charge on any atom is -0.314 e. The first-order valence-corrected chi connectivity index (χ1v) is 4.51. The highest BCUT2D eigenvalue weighted by molar-refractivity contribution is 6.18. The summed E-state index contributed by atoms with van der Waals surface area (Å²) >= 11 is 5.80. The number of hydrogen-bond donors (Lipinski definition) is 1. The molecule has 0 radical (unpaired) electrons. The van der Waals surface area contributed by atoms with Crippen molar-refractivity contribution >= 4 is 11.6 Å². The van der Waals surface area contributed by atoms with E-state index in [0.717, 1.165) is 12.4 Å². The zero-order valence-corrected chi connectivity index (χ0v) is 7.54. The summed E-state index contributed by atoms with van der Waals surface area (Å²) in [6.07, 6.45) is 2.63. The monoisotopic (exact) mass is 161 g/mol. The van der Waals surface area contributed by atoms with Gasteiger partial charge in [0.05, 0.1) is 0 Å². The van der Waals surface area contributed by atoms with E-state index < -0.39 is 0 Å². The third-order valence-electron chi connectivity index (χ3n) is 2.13. The van der Waals surface area contributed by atoms with Crippen LogP contribution < -0.4 is 5.32 Å². The molecule has 0 saturated heterocycles. The van der Waals surface area contributed by atoms with Crippen LogP contribution in [0.5, 0.6) is 0 Å². The van der Waals surface area contributed by atoms with Gasteiger partial charge < -0.3 is 5.32 Å². The molecule has 1 saturated carbocycles. The molecular formula is C8H16ClN. The average Bonchev–Trinajstić information content (AvgIpc) is 2.64. The van der Waals surface area contributed by atoms with Crippen molar-refractivity contribution in [1.29, 1.82) is 0 Å². The first kappa shape index (κ1) is 8.35. The van der Waals surface area contributed by atoms with E-state index in [2.05, 4.69) is 19.2 Å². The van der Waals surface area contributed by atoms with E-state index >= 15 is 0 Å². The molecule has 1 aliphatic rings. The lowest BCUT2D eigenvalue weighted by Gasteiger charge is -2.14. The van der Waals surface area contributed by atoms with Crippen molar-refractivity contribution in [2.24, 2.45) is 5.41 Å². The Morgan fingerprint density at radius 1 is 1.50 bits per heavy atom. The summed E-state index contributed by atoms with van der Waals surface area (Å²) in [5.74, 6) is 0.826. The van der Waals surface area contributed by atoms with E-state index in [4.69, 9.17) is 11.6 Å². The molecular weight excluding hydrogens is 146 g/mol. The van der Waals surface area contributed by atoms with Crippen LogP contribution in [0.25, 0.3) is 0 Å². The van der Waals surface area contributed by atoms with Crippen molar-refractivity contribution in [3.8, 4) is 0 Å². The van der Waals surface area contributed by atoms with Gasteiger partial charge in [-0.05, 0) is 18.3 Å². The zero-order valence-electron chi connectivity index (χ0n) is 6.78. The summed E-state index contributed by atoms with van der Waals surface area (Å²) in [5.41, 5.74) is 0.478. The molecule has 1 aliphatic carbocycles. The maximum atomic E-state index is 5.80. The summed E-state index contributed by atoms with van der Waals surface area (Å²) in [6, 6.07) is 0.598. The Kier molecular flexibility index (Phi) is 2.59. The van der Waals surface area contributed by atoms with E-state index in [1.807, 2.05) is 0 Å². The van der Waals surface area contributed by atoms with Gasteiger partial charge in [0.25, 0.3) is 0 Å². The number of halogens is 1. The molecule has 0 bridgehead atoms. The van der Waals surface area contributed by atoms with Crippen molar-refractivity contribution in [2.45, 2.75) is 32.7 Å². The Labute approximate surface area is 68.1 Å². The standard InChI is InChI=1S/C8H16ClN/c1-7(2)10-6-8(5-9)3-4-8/h7,10H,3-6H2,1-2H3. The molecule has 0 aliphatic heterocycles. The van der Waals surface area contributed by atoms with Crippen LogP contribution in [0, 0.1) is 5.41 Å². The van der Waals surface area contributed by atoms with Gasteiger partial charge in [0, 0.05) is 18.5 Å². The number of hydrogen-bond acceptors (Lipinski definition) is 1. The Hall–Kier alpha value is 0.250. The van der Waals surface area contributed by atoms with Gasteiger partial charge in [0.2, 0.25) is 0 Å². The third kappa shape index (κ3) is 2.14. The lowest BCUT2D eigenvalue weighted by molar-refractivity contribution is 0.469. The van der Waals surface area contributed by atoms with Gasteiger partial charge in [0.1, 0.15) is 0 Å². The lowest BCUT2D eigenvalue weighted by Crippen LogP contribution is -2.30. The Balaban J connectivity index is 2.13. The highest BCUT2D eigenvalue weighted by Crippen LogP contribution is 2.45. The molecule has 1 fully saturated rings. The second-order valence-electron chi connectivity index (χ2n) is 3.67. The van der Waals surface area contributed by atoms with E-state index in [-0.39, 0.29) is 0 Å². The number of nitrogens with one attached hydrogen (secondary N) is 1. The van der Waals surface area contributed by atoms with Crippen molar-refractivity contribution in [1.82, 2.24) is 5.32 Å². The van der Waals surface area contributed by atoms with Gasteiger partial charge in [-0.15, -0.1) is 11.6 Å². The predicted molar refractivity (Wildman–Crippen MR) is 45.5 cm³/mol. The largest absolute Gasteiger partial charge is 0.314 e. The van der Waals surface area contributed by atoms with E-state index in [9.17, 15) is 0 Å². The third-order valence-corrected chi connectivity index (χ3v) is 2.69. The molecule has 0 unspecified atom stereocenters. The van der Waals surface area contributed by atoms with Crippen molar-refractivity contribution < 1.29 is 0 Å². The summed E-state index contributed by atoms with van der Waals surface area (Å²) in [4.78, 5) is 0. The fourth-order valence-corrected chi connectivity index (χ4v) is 1.32. The molecule has 2 heteroatoms. The van der Waals surface area contributed by atoms with Crippen LogP contribution in [-0.2, 0) is 0 Å². The lowest BCUT2D eigenvalue weighted by atomic mass is 10.1. The minimum absolute atomic E-state index is 0.478. The normalized spacial score (nSPS) is 21.6. The minimum atomic E-state index is 0.478. The summed E-state index contributed by atoms with van der Waals surface area (Å²) < 4.78 is 0. The quantitative estimate of drug-likeness (QED) is 0.622. The van der Waals surface area contributed by atoms with Crippen LogP contribution in [-0.4, -0.2) is 18.5 Å². The van der Waals surface area contributed by atoms with Gasteiger partial charge >= 0.3 is 0 Å². The van der Waals surface area contributed by atoms with Gasteiger partial charge in [-0.3, -0.25) is 0 Å². The SMILES string of the molecule is CC(C)NCC1(CCl)CC1. The number of rotatable bonds is 4. The van der Waals surface area contributed by atoms with Crippen molar-refractivity contribution in [3.05, 3.63) is 0 Å². The van der Waals surface area contributed by atoms with Crippen LogP contribution in [0.15, 0.2) is 0 Å². The Morgan fingerprint density at radius 2 is 2.10 bits per heavy atom. The van der Waals surface area contributed by atoms with Gasteiger partial charge in [-0.25, -0.2) is 0 Å². The van der Waals surface area contributed by atoms with Gasteiger partial charge in [-0.2, -0.15) is 0 Å². The molecule has 10 heavy (non-hydrogen) atoms. The predicted octanol–water partition coefficient (Wildman–Crippen LogP) is 2.00. The van der Waals surface area contributed by atoms with Crippen molar-refractivity contribution in [2.75, 3.05) is 12.4 Å². The molecule has 0 heterocycles. The fraction of sp³-hybridized carbons (Fsp3) is 1.00. The highest BCUT2D eigenvalue weighted by Gasteiger charge is 2.41. The smallest absolute Gasteiger partial charge is 0.0292 e. The Bertz CT molecular complexity index is 108. The molecule has 0 spiro atoms. The first-order valence-electron chi connectivity index (χ1n) is 3.98. The molecule has 1 nitrogen and oxygen atoms in total. The summed E-state index contributed by atoms with van der Waals surface area (Å²) in [7, 11) is 0. The average molecular weight is 162 g/mol. The van der Waals surface area contributed by atoms with Crippen LogP contribution in [0.2, 0.25) is 0 Å². The fourth-order valence-electron chi connectivity index (χ4n) is 0.955. The molecule has 1 N–H and O–H groups in total. The number of alkyl halides is 1. The Morgan fingerprint density at radius 3 is 2.40 bits per heavy atom. The van der Waals surface area contributed by atoms with Crippen LogP contribution in [0.4, 0.5) is 0 Å². The molecule has 1 rings (SSSR count). The van der Waals surface area contributed by atoms with Crippen LogP contribution >= 0.6 is 11.6 Å². The molecule has 0 aromatic carbocycles. The van der Waals surface area contributed by atoms with Crippen LogP contribution in [0.1, 0.15) is 26.7 Å².